The molecule has 8 nitrogen and oxygen atoms in total. The lowest BCUT2D eigenvalue weighted by molar-refractivity contribution is -0.144. The molecule has 9 heteroatoms. The summed E-state index contributed by atoms with van der Waals surface area (Å²) in [6.45, 7) is 2.03. The van der Waals surface area contributed by atoms with E-state index in [1.165, 1.54) is 12.1 Å². The highest BCUT2D eigenvalue weighted by molar-refractivity contribution is 7.89. The Morgan fingerprint density at radius 3 is 2.40 bits per heavy atom. The van der Waals surface area contributed by atoms with Crippen LogP contribution in [0.2, 0.25) is 0 Å². The molecule has 0 bridgehead atoms. The maximum Gasteiger partial charge on any atom is 0.322 e. The average molecular weight is 435 g/mol. The van der Waals surface area contributed by atoms with Crippen molar-refractivity contribution in [1.82, 2.24) is 9.62 Å². The maximum atomic E-state index is 12.6. The number of hydrogen-bond acceptors (Lipinski definition) is 6. The van der Waals surface area contributed by atoms with E-state index in [9.17, 15) is 18.3 Å². The summed E-state index contributed by atoms with van der Waals surface area (Å²) in [5.74, 6) is -0.497. The smallest absolute Gasteiger partial charge is 0.322 e. The summed E-state index contributed by atoms with van der Waals surface area (Å²) in [6, 6.07) is 15.1. The van der Waals surface area contributed by atoms with Crippen molar-refractivity contribution in [2.24, 2.45) is 0 Å². The van der Waals surface area contributed by atoms with Gasteiger partial charge in [-0.05, 0) is 29.8 Å². The Bertz CT molecular complexity index is 912. The van der Waals surface area contributed by atoms with Crippen molar-refractivity contribution < 1.29 is 27.8 Å². The van der Waals surface area contributed by atoms with Crippen LogP contribution in [0, 0.1) is 0 Å². The zero-order valence-corrected chi connectivity index (χ0v) is 17.4. The summed E-state index contributed by atoms with van der Waals surface area (Å²) in [6.07, 6.45) is 0.751. The maximum absolute atomic E-state index is 12.6. The van der Waals surface area contributed by atoms with Gasteiger partial charge in [0.05, 0.1) is 24.7 Å². The highest BCUT2D eigenvalue weighted by Crippen LogP contribution is 2.17. The molecule has 0 spiro atoms. The molecule has 1 heterocycles. The third-order valence-electron chi connectivity index (χ3n) is 4.87. The Hall–Kier alpha value is -2.46. The van der Waals surface area contributed by atoms with Gasteiger partial charge in [-0.3, -0.25) is 9.69 Å². The summed E-state index contributed by atoms with van der Waals surface area (Å²) in [5.41, 5.74) is 1.16. The van der Waals surface area contributed by atoms with Crippen molar-refractivity contribution in [2.75, 3.05) is 39.5 Å². The van der Waals surface area contributed by atoms with Gasteiger partial charge in [0, 0.05) is 26.1 Å². The molecule has 2 aromatic rings. The first-order chi connectivity index (χ1) is 14.5. The Kier molecular flexibility index (Phi) is 7.81. The van der Waals surface area contributed by atoms with Crippen molar-refractivity contribution in [3.8, 4) is 5.75 Å². The van der Waals surface area contributed by atoms with E-state index in [1.54, 1.807) is 17.0 Å². The molecule has 0 amide bonds. The highest BCUT2D eigenvalue weighted by Gasteiger charge is 2.28. The van der Waals surface area contributed by atoms with Crippen LogP contribution in [0.5, 0.6) is 5.75 Å². The second-order valence-electron chi connectivity index (χ2n) is 6.91. The molecule has 1 atom stereocenters. The van der Waals surface area contributed by atoms with Crippen LogP contribution in [0.15, 0.2) is 59.5 Å². The largest absolute Gasteiger partial charge is 0.493 e. The summed E-state index contributed by atoms with van der Waals surface area (Å²) in [4.78, 5) is 13.3. The first-order valence-corrected chi connectivity index (χ1v) is 11.2. The number of hydrogen-bond donors (Lipinski definition) is 2. The van der Waals surface area contributed by atoms with Crippen molar-refractivity contribution >= 4 is 16.0 Å². The number of morpholine rings is 1. The van der Waals surface area contributed by atoms with Gasteiger partial charge in [-0.2, -0.15) is 0 Å². The molecule has 2 aromatic carbocycles. The van der Waals surface area contributed by atoms with Gasteiger partial charge >= 0.3 is 5.97 Å². The second-order valence-corrected chi connectivity index (χ2v) is 8.68. The van der Waals surface area contributed by atoms with E-state index >= 15 is 0 Å². The summed E-state index contributed by atoms with van der Waals surface area (Å²) in [7, 11) is -3.83. The summed E-state index contributed by atoms with van der Waals surface area (Å²) >= 11 is 0. The molecule has 1 aliphatic heterocycles. The molecule has 2 N–H and O–H groups in total. The lowest BCUT2D eigenvalue weighted by atomic mass is 10.2. The molecule has 0 aromatic heterocycles. The zero-order valence-electron chi connectivity index (χ0n) is 16.6. The fourth-order valence-electron chi connectivity index (χ4n) is 3.18. The Morgan fingerprint density at radius 2 is 1.77 bits per heavy atom. The van der Waals surface area contributed by atoms with Gasteiger partial charge < -0.3 is 14.6 Å². The van der Waals surface area contributed by atoms with Gasteiger partial charge in [-0.25, -0.2) is 13.1 Å². The molecule has 0 saturated carbocycles. The molecule has 0 aliphatic carbocycles. The molecule has 1 saturated heterocycles. The quantitative estimate of drug-likeness (QED) is 0.582. The van der Waals surface area contributed by atoms with Crippen LogP contribution in [-0.4, -0.2) is 69.9 Å². The minimum absolute atomic E-state index is 0.0593. The van der Waals surface area contributed by atoms with Gasteiger partial charge in [0.25, 0.3) is 0 Å². The number of rotatable bonds is 10. The van der Waals surface area contributed by atoms with E-state index in [-0.39, 0.29) is 11.4 Å². The summed E-state index contributed by atoms with van der Waals surface area (Å²) in [5, 5.41) is 9.46. The number of sulfonamides is 1. The number of nitrogens with zero attached hydrogens (tertiary/aromatic N) is 1. The molecule has 1 aliphatic rings. The summed E-state index contributed by atoms with van der Waals surface area (Å²) < 4.78 is 38.4. The number of nitrogens with one attached hydrogen (secondary N) is 1. The third kappa shape index (κ3) is 6.27. The average Bonchev–Trinajstić information content (AvgIpc) is 2.75. The first kappa shape index (κ1) is 22.2. The molecular formula is C21H26N2O6S. The van der Waals surface area contributed by atoms with Gasteiger partial charge in [0.2, 0.25) is 10.0 Å². The molecule has 3 rings (SSSR count). The van der Waals surface area contributed by atoms with Crippen LogP contribution in [-0.2, 0) is 26.0 Å². The van der Waals surface area contributed by atoms with Crippen LogP contribution in [0.1, 0.15) is 5.56 Å². The van der Waals surface area contributed by atoms with Gasteiger partial charge in [0.15, 0.2) is 0 Å². The van der Waals surface area contributed by atoms with Crippen molar-refractivity contribution in [3.63, 3.8) is 0 Å². The normalized spacial score (nSPS) is 16.1. The van der Waals surface area contributed by atoms with Crippen molar-refractivity contribution in [3.05, 3.63) is 60.2 Å². The molecule has 1 fully saturated rings. The predicted molar refractivity (Wildman–Crippen MR) is 111 cm³/mol. The van der Waals surface area contributed by atoms with E-state index in [0.29, 0.717) is 38.7 Å². The number of carboxylic acids is 1. The predicted octanol–water partition coefficient (Wildman–Crippen LogP) is 1.37. The number of carbonyl (C=O) groups is 1. The van der Waals surface area contributed by atoms with Crippen LogP contribution >= 0.6 is 0 Å². The lowest BCUT2D eigenvalue weighted by Gasteiger charge is -2.31. The van der Waals surface area contributed by atoms with Gasteiger partial charge in [-0.15, -0.1) is 0 Å². The van der Waals surface area contributed by atoms with E-state index < -0.39 is 22.0 Å². The second kappa shape index (κ2) is 10.5. The lowest BCUT2D eigenvalue weighted by Crippen LogP contribution is -2.52. The minimum atomic E-state index is -3.83. The number of aliphatic carboxylic acids is 1. The van der Waals surface area contributed by atoms with E-state index in [1.807, 2.05) is 30.3 Å². The van der Waals surface area contributed by atoms with E-state index in [0.717, 1.165) is 12.0 Å². The van der Waals surface area contributed by atoms with Crippen LogP contribution < -0.4 is 9.46 Å². The Morgan fingerprint density at radius 1 is 1.10 bits per heavy atom. The standard InChI is InChI=1S/C21H26N2O6S/c24-21(25)20(23-11-14-28-15-12-23)16-22-30(26,27)19-8-6-18(7-9-19)29-13-10-17-4-2-1-3-5-17/h1-9,20,22H,10-16H2,(H,24,25)/t20-/m0/s1. The fourth-order valence-corrected chi connectivity index (χ4v) is 4.22. The Labute approximate surface area is 176 Å². The van der Waals surface area contributed by atoms with E-state index in [2.05, 4.69) is 4.72 Å². The van der Waals surface area contributed by atoms with Crippen LogP contribution in [0.4, 0.5) is 0 Å². The number of carboxylic acid groups (broad SMARTS) is 1. The molecular weight excluding hydrogens is 408 g/mol. The Balaban J connectivity index is 1.54. The molecule has 30 heavy (non-hydrogen) atoms. The molecule has 0 unspecified atom stereocenters. The SMILES string of the molecule is O=C(O)[C@H](CNS(=O)(=O)c1ccc(OCCc2ccccc2)cc1)N1CCOCC1. The number of benzene rings is 2. The highest BCUT2D eigenvalue weighted by atomic mass is 32.2. The monoisotopic (exact) mass is 434 g/mol. The third-order valence-corrected chi connectivity index (χ3v) is 6.31. The number of ether oxygens (including phenoxy) is 2. The molecule has 0 radical (unpaired) electrons. The van der Waals surface area contributed by atoms with Gasteiger partial charge in [-0.1, -0.05) is 30.3 Å². The zero-order chi connectivity index (χ0) is 21.4. The van der Waals surface area contributed by atoms with Crippen molar-refractivity contribution in [1.29, 1.82) is 0 Å². The first-order valence-electron chi connectivity index (χ1n) is 9.77. The minimum Gasteiger partial charge on any atom is -0.493 e. The molecule has 162 valence electrons. The van der Waals surface area contributed by atoms with Gasteiger partial charge in [0.1, 0.15) is 11.8 Å². The van der Waals surface area contributed by atoms with Crippen molar-refractivity contribution in [2.45, 2.75) is 17.4 Å². The van der Waals surface area contributed by atoms with E-state index in [4.69, 9.17) is 9.47 Å². The topological polar surface area (TPSA) is 105 Å². The fraction of sp³-hybridized carbons (Fsp3) is 0.381. The van der Waals surface area contributed by atoms with Crippen LogP contribution in [0.3, 0.4) is 0 Å². The van der Waals surface area contributed by atoms with Crippen LogP contribution in [0.25, 0.3) is 0 Å².